The van der Waals surface area contributed by atoms with Crippen LogP contribution in [-0.4, -0.2) is 33.5 Å². The second-order valence-corrected chi connectivity index (χ2v) is 10.1. The van der Waals surface area contributed by atoms with E-state index < -0.39 is 7.58 Å². The molecule has 1 unspecified atom stereocenters. The average molecular weight is 347 g/mol. The maximum atomic E-state index is 7.19. The standard InChI is InChI=1S/C18H36ClN2P/c1-15(2)20(16(3)4)22(19)21(17-11-7-5-8-12-17)18-13-9-6-10-14-18/h15-18H,5-14H2,1-4H3. The van der Waals surface area contributed by atoms with E-state index in [1.165, 1.54) is 64.2 Å². The van der Waals surface area contributed by atoms with Crippen LogP contribution in [0.2, 0.25) is 0 Å². The van der Waals surface area contributed by atoms with Crippen molar-refractivity contribution in [2.75, 3.05) is 0 Å². The SMILES string of the molecule is CC(C)N(C(C)C)P(Cl)N(C1CCCCC1)C1CCCCC1. The monoisotopic (exact) mass is 346 g/mol. The second-order valence-electron chi connectivity index (χ2n) is 7.77. The van der Waals surface area contributed by atoms with Crippen LogP contribution in [0.5, 0.6) is 0 Å². The molecule has 2 rings (SSSR count). The summed E-state index contributed by atoms with van der Waals surface area (Å²) in [7, 11) is -0.693. The Labute approximate surface area is 144 Å². The summed E-state index contributed by atoms with van der Waals surface area (Å²) < 4.78 is 5.37. The molecule has 130 valence electrons. The lowest BCUT2D eigenvalue weighted by Crippen LogP contribution is -2.46. The molecule has 0 spiro atoms. The van der Waals surface area contributed by atoms with Crippen molar-refractivity contribution in [2.45, 2.75) is 116 Å². The van der Waals surface area contributed by atoms with E-state index in [2.05, 4.69) is 37.0 Å². The first-order valence-electron chi connectivity index (χ1n) is 9.54. The van der Waals surface area contributed by atoms with Crippen molar-refractivity contribution in [2.24, 2.45) is 0 Å². The largest absolute Gasteiger partial charge is 0.252 e. The van der Waals surface area contributed by atoms with Crippen molar-refractivity contribution >= 4 is 18.8 Å². The van der Waals surface area contributed by atoms with Gasteiger partial charge in [0, 0.05) is 24.2 Å². The van der Waals surface area contributed by atoms with Crippen molar-refractivity contribution in [1.29, 1.82) is 0 Å². The molecule has 4 heteroatoms. The lowest BCUT2D eigenvalue weighted by molar-refractivity contribution is 0.164. The Morgan fingerprint density at radius 1 is 0.727 bits per heavy atom. The molecule has 0 aliphatic heterocycles. The number of nitrogens with zero attached hydrogens (tertiary/aromatic N) is 2. The molecule has 0 saturated heterocycles. The third kappa shape index (κ3) is 4.82. The molecule has 1 atom stereocenters. The van der Waals surface area contributed by atoms with Gasteiger partial charge in [-0.25, -0.2) is 0 Å². The van der Waals surface area contributed by atoms with Crippen LogP contribution in [0.3, 0.4) is 0 Å². The fourth-order valence-electron chi connectivity index (χ4n) is 4.36. The topological polar surface area (TPSA) is 6.48 Å². The molecule has 22 heavy (non-hydrogen) atoms. The van der Waals surface area contributed by atoms with Crippen molar-refractivity contribution in [1.82, 2.24) is 9.34 Å². The normalized spacial score (nSPS) is 23.9. The van der Waals surface area contributed by atoms with Gasteiger partial charge in [-0.2, -0.15) is 0 Å². The van der Waals surface area contributed by atoms with Gasteiger partial charge in [-0.3, -0.25) is 9.34 Å². The predicted octanol–water partition coefficient (Wildman–Crippen LogP) is 6.54. The number of rotatable bonds is 6. The lowest BCUT2D eigenvalue weighted by Gasteiger charge is -2.48. The molecule has 2 aliphatic rings. The van der Waals surface area contributed by atoms with Gasteiger partial charge in [-0.05, 0) is 53.4 Å². The highest BCUT2D eigenvalue weighted by molar-refractivity contribution is 7.80. The van der Waals surface area contributed by atoms with Crippen LogP contribution in [0.25, 0.3) is 0 Å². The smallest absolute Gasteiger partial charge is 0.141 e. The first kappa shape index (κ1) is 19.0. The van der Waals surface area contributed by atoms with Crippen molar-refractivity contribution in [3.8, 4) is 0 Å². The predicted molar refractivity (Wildman–Crippen MR) is 100 cm³/mol. The van der Waals surface area contributed by atoms with Crippen LogP contribution < -0.4 is 0 Å². The van der Waals surface area contributed by atoms with Crippen LogP contribution in [0.1, 0.15) is 91.9 Å². The van der Waals surface area contributed by atoms with Gasteiger partial charge < -0.3 is 0 Å². The van der Waals surface area contributed by atoms with Gasteiger partial charge in [0.2, 0.25) is 0 Å². The summed E-state index contributed by atoms with van der Waals surface area (Å²) in [4.78, 5) is 0. The molecule has 0 aromatic rings. The van der Waals surface area contributed by atoms with Gasteiger partial charge in [0.25, 0.3) is 0 Å². The van der Waals surface area contributed by atoms with E-state index in [1.807, 2.05) is 0 Å². The van der Waals surface area contributed by atoms with E-state index in [0.717, 1.165) is 12.1 Å². The van der Waals surface area contributed by atoms with Gasteiger partial charge in [-0.15, -0.1) is 0 Å². The Hall–Kier alpha value is 0.640. The quantitative estimate of drug-likeness (QED) is 0.504. The molecule has 0 aromatic carbocycles. The molecule has 2 saturated carbocycles. The summed E-state index contributed by atoms with van der Waals surface area (Å²) in [5.74, 6) is 0. The van der Waals surface area contributed by atoms with E-state index >= 15 is 0 Å². The average Bonchev–Trinajstić information content (AvgIpc) is 2.49. The van der Waals surface area contributed by atoms with Crippen LogP contribution in [0, 0.1) is 0 Å². The van der Waals surface area contributed by atoms with E-state index in [4.69, 9.17) is 11.2 Å². The summed E-state index contributed by atoms with van der Waals surface area (Å²) in [6, 6.07) is 2.53. The number of hydrogen-bond donors (Lipinski definition) is 0. The Balaban J connectivity index is 2.17. The summed E-state index contributed by atoms with van der Waals surface area (Å²) in [5.41, 5.74) is 0. The fraction of sp³-hybridized carbons (Fsp3) is 1.00. The second kappa shape index (κ2) is 9.21. The molecule has 0 radical (unpaired) electrons. The third-order valence-electron chi connectivity index (χ3n) is 5.34. The molecule has 0 amide bonds. The highest BCUT2D eigenvalue weighted by atomic mass is 35.7. The molecule has 2 fully saturated rings. The molecule has 2 aliphatic carbocycles. The molecule has 0 N–H and O–H groups in total. The van der Waals surface area contributed by atoms with E-state index in [0.29, 0.717) is 12.1 Å². The zero-order valence-corrected chi connectivity index (χ0v) is 16.8. The van der Waals surface area contributed by atoms with E-state index in [-0.39, 0.29) is 0 Å². The zero-order chi connectivity index (χ0) is 16.1. The molecule has 0 bridgehead atoms. The Kier molecular flexibility index (Phi) is 7.94. The van der Waals surface area contributed by atoms with Crippen molar-refractivity contribution in [3.05, 3.63) is 0 Å². The third-order valence-corrected chi connectivity index (χ3v) is 8.72. The highest BCUT2D eigenvalue weighted by Gasteiger charge is 2.37. The van der Waals surface area contributed by atoms with Crippen molar-refractivity contribution < 1.29 is 0 Å². The minimum Gasteiger partial charge on any atom is -0.252 e. The first-order chi connectivity index (χ1) is 10.5. The fourth-order valence-corrected chi connectivity index (χ4v) is 8.15. The summed E-state index contributed by atoms with van der Waals surface area (Å²) in [6.07, 6.45) is 13.9. The Bertz CT molecular complexity index is 286. The summed E-state index contributed by atoms with van der Waals surface area (Å²) in [6.45, 7) is 9.21. The molecular weight excluding hydrogens is 311 g/mol. The first-order valence-corrected chi connectivity index (χ1v) is 11.7. The minimum absolute atomic E-state index is 0.526. The highest BCUT2D eigenvalue weighted by Crippen LogP contribution is 2.56. The summed E-state index contributed by atoms with van der Waals surface area (Å²) >= 11 is 7.19. The van der Waals surface area contributed by atoms with Gasteiger partial charge in [0.15, 0.2) is 0 Å². The van der Waals surface area contributed by atoms with Crippen LogP contribution in [-0.2, 0) is 0 Å². The zero-order valence-electron chi connectivity index (χ0n) is 15.1. The van der Waals surface area contributed by atoms with Crippen LogP contribution in [0.4, 0.5) is 0 Å². The molecule has 0 aromatic heterocycles. The van der Waals surface area contributed by atoms with Gasteiger partial charge in [-0.1, -0.05) is 49.8 Å². The minimum atomic E-state index is -0.693. The van der Waals surface area contributed by atoms with Crippen LogP contribution in [0.15, 0.2) is 0 Å². The maximum absolute atomic E-state index is 7.19. The maximum Gasteiger partial charge on any atom is 0.141 e. The van der Waals surface area contributed by atoms with Crippen LogP contribution >= 0.6 is 18.8 Å². The Morgan fingerprint density at radius 3 is 1.41 bits per heavy atom. The van der Waals surface area contributed by atoms with Crippen molar-refractivity contribution in [3.63, 3.8) is 0 Å². The molecule has 2 nitrogen and oxygen atoms in total. The van der Waals surface area contributed by atoms with E-state index in [1.54, 1.807) is 0 Å². The Morgan fingerprint density at radius 2 is 1.09 bits per heavy atom. The van der Waals surface area contributed by atoms with E-state index in [9.17, 15) is 0 Å². The summed E-state index contributed by atoms with van der Waals surface area (Å²) in [5, 5.41) is 0. The van der Waals surface area contributed by atoms with Gasteiger partial charge in [0.05, 0.1) is 0 Å². The number of hydrogen-bond acceptors (Lipinski definition) is 2. The van der Waals surface area contributed by atoms with Gasteiger partial charge >= 0.3 is 0 Å². The lowest BCUT2D eigenvalue weighted by atomic mass is 9.91. The molecule has 0 heterocycles. The number of halogens is 1. The van der Waals surface area contributed by atoms with Gasteiger partial charge in [0.1, 0.15) is 7.58 Å². The molecular formula is C18H36ClN2P.